The van der Waals surface area contributed by atoms with Crippen LogP contribution in [0.25, 0.3) is 0 Å². The number of carboxylic acids is 1. The first kappa shape index (κ1) is 16.8. The van der Waals surface area contributed by atoms with Crippen LogP contribution in [-0.4, -0.2) is 30.4 Å². The second-order valence-electron chi connectivity index (χ2n) is 5.26. The van der Waals surface area contributed by atoms with Gasteiger partial charge in [-0.1, -0.05) is 32.0 Å². The minimum Gasteiger partial charge on any atom is -0.477 e. The van der Waals surface area contributed by atoms with Crippen molar-refractivity contribution in [2.75, 3.05) is 0 Å². The molecule has 122 valence electrons. The molecule has 2 aromatic rings. The summed E-state index contributed by atoms with van der Waals surface area (Å²) in [6.45, 7) is 3.29. The number of aromatic nitrogens is 1. The number of aromatic amines is 1. The maximum absolute atomic E-state index is 12.9. The summed E-state index contributed by atoms with van der Waals surface area (Å²) in [7, 11) is -4.10. The molecule has 23 heavy (non-hydrogen) atoms. The molecule has 0 fully saturated rings. The highest BCUT2D eigenvalue weighted by atomic mass is 32.2. The van der Waals surface area contributed by atoms with Gasteiger partial charge in [0.05, 0.1) is 4.90 Å². The summed E-state index contributed by atoms with van der Waals surface area (Å²) >= 11 is 0. The van der Waals surface area contributed by atoms with Gasteiger partial charge in [-0.2, -0.15) is 0 Å². The maximum atomic E-state index is 12.9. The zero-order chi connectivity index (χ0) is 17.4. The number of benzene rings is 1. The van der Waals surface area contributed by atoms with Gasteiger partial charge in [-0.25, -0.2) is 13.2 Å². The SMILES string of the molecule is CC(C)c1c(C(=O)O)[nH]c(C(N)=O)c1S(=O)(=O)c1ccccc1. The second kappa shape index (κ2) is 5.88. The molecule has 0 unspecified atom stereocenters. The Morgan fingerprint density at radius 1 is 1.13 bits per heavy atom. The molecule has 0 saturated carbocycles. The Morgan fingerprint density at radius 3 is 2.13 bits per heavy atom. The molecular weight excluding hydrogens is 320 g/mol. The summed E-state index contributed by atoms with van der Waals surface area (Å²) in [5.41, 5.74) is 4.52. The van der Waals surface area contributed by atoms with Crippen molar-refractivity contribution in [2.45, 2.75) is 29.6 Å². The van der Waals surface area contributed by atoms with E-state index in [2.05, 4.69) is 4.98 Å². The van der Waals surface area contributed by atoms with E-state index in [1.54, 1.807) is 19.9 Å². The molecule has 1 heterocycles. The van der Waals surface area contributed by atoms with Crippen LogP contribution in [-0.2, 0) is 9.84 Å². The number of carbonyl (C=O) groups excluding carboxylic acids is 1. The Morgan fingerprint density at radius 2 is 1.70 bits per heavy atom. The smallest absolute Gasteiger partial charge is 0.352 e. The molecule has 0 spiro atoms. The van der Waals surface area contributed by atoms with Crippen LogP contribution in [0, 0.1) is 0 Å². The van der Waals surface area contributed by atoms with Crippen LogP contribution in [0.5, 0.6) is 0 Å². The fraction of sp³-hybridized carbons (Fsp3) is 0.200. The van der Waals surface area contributed by atoms with E-state index in [0.717, 1.165) is 0 Å². The Balaban J connectivity index is 2.90. The number of hydrogen-bond acceptors (Lipinski definition) is 4. The molecule has 1 amide bonds. The van der Waals surface area contributed by atoms with E-state index in [9.17, 15) is 23.1 Å². The van der Waals surface area contributed by atoms with Crippen LogP contribution in [0.2, 0.25) is 0 Å². The van der Waals surface area contributed by atoms with Crippen LogP contribution in [0.4, 0.5) is 0 Å². The van der Waals surface area contributed by atoms with Crippen molar-refractivity contribution in [3.05, 3.63) is 47.3 Å². The number of nitrogens with two attached hydrogens (primary N) is 1. The van der Waals surface area contributed by atoms with Crippen molar-refractivity contribution in [1.29, 1.82) is 0 Å². The number of amides is 1. The van der Waals surface area contributed by atoms with Crippen LogP contribution >= 0.6 is 0 Å². The molecule has 0 atom stereocenters. The van der Waals surface area contributed by atoms with E-state index in [1.807, 2.05) is 0 Å². The van der Waals surface area contributed by atoms with E-state index in [4.69, 9.17) is 5.73 Å². The lowest BCUT2D eigenvalue weighted by molar-refractivity contribution is 0.0689. The average molecular weight is 336 g/mol. The number of nitrogens with one attached hydrogen (secondary N) is 1. The topological polar surface area (TPSA) is 130 Å². The number of sulfone groups is 1. The summed E-state index contributed by atoms with van der Waals surface area (Å²) in [4.78, 5) is 25.0. The molecule has 1 aromatic carbocycles. The van der Waals surface area contributed by atoms with E-state index < -0.39 is 33.3 Å². The molecule has 7 nitrogen and oxygen atoms in total. The predicted molar refractivity (Wildman–Crippen MR) is 82.3 cm³/mol. The first-order valence-electron chi connectivity index (χ1n) is 6.77. The highest BCUT2D eigenvalue weighted by molar-refractivity contribution is 7.91. The number of H-pyrrole nitrogens is 1. The summed E-state index contributed by atoms with van der Waals surface area (Å²) in [5, 5.41) is 9.29. The Bertz CT molecular complexity index is 867. The van der Waals surface area contributed by atoms with E-state index in [0.29, 0.717) is 0 Å². The predicted octanol–water partition coefficient (Wildman–Crippen LogP) is 1.77. The van der Waals surface area contributed by atoms with Crippen molar-refractivity contribution < 1.29 is 23.1 Å². The fourth-order valence-corrected chi connectivity index (χ4v) is 4.19. The van der Waals surface area contributed by atoms with Crippen molar-refractivity contribution in [2.24, 2.45) is 5.73 Å². The zero-order valence-corrected chi connectivity index (χ0v) is 13.3. The number of carboxylic acid groups (broad SMARTS) is 1. The molecule has 0 aliphatic rings. The van der Waals surface area contributed by atoms with Gasteiger partial charge >= 0.3 is 5.97 Å². The minimum absolute atomic E-state index is 0.0372. The number of carbonyl (C=O) groups is 2. The van der Waals surface area contributed by atoms with Crippen LogP contribution in [0.3, 0.4) is 0 Å². The third-order valence-electron chi connectivity index (χ3n) is 3.35. The van der Waals surface area contributed by atoms with Crippen molar-refractivity contribution in [1.82, 2.24) is 4.98 Å². The average Bonchev–Trinajstić information content (AvgIpc) is 2.90. The highest BCUT2D eigenvalue weighted by Gasteiger charge is 2.34. The van der Waals surface area contributed by atoms with Crippen molar-refractivity contribution in [3.63, 3.8) is 0 Å². The second-order valence-corrected chi connectivity index (χ2v) is 7.14. The minimum atomic E-state index is -4.10. The quantitative estimate of drug-likeness (QED) is 0.766. The standard InChI is InChI=1S/C15H16N2O5S/c1-8(2)10-11(15(19)20)17-12(14(16)18)13(10)23(21,22)9-6-4-3-5-7-9/h3-8,17H,1-2H3,(H2,16,18)(H,19,20). The summed E-state index contributed by atoms with van der Waals surface area (Å²) in [5.74, 6) is -2.83. The molecule has 0 aliphatic carbocycles. The molecule has 4 N–H and O–H groups in total. The summed E-state index contributed by atoms with van der Waals surface area (Å²) in [6.07, 6.45) is 0. The van der Waals surface area contributed by atoms with Gasteiger partial charge in [0, 0.05) is 5.56 Å². The fourth-order valence-electron chi connectivity index (χ4n) is 2.39. The lowest BCUT2D eigenvalue weighted by atomic mass is 10.0. The Hall–Kier alpha value is -2.61. The Labute approximate surface area is 133 Å². The third-order valence-corrected chi connectivity index (χ3v) is 5.21. The highest BCUT2D eigenvalue weighted by Crippen LogP contribution is 2.34. The van der Waals surface area contributed by atoms with Gasteiger partial charge < -0.3 is 15.8 Å². The lowest BCUT2D eigenvalue weighted by Gasteiger charge is -2.11. The first-order chi connectivity index (χ1) is 10.7. The first-order valence-corrected chi connectivity index (χ1v) is 8.25. The molecule has 1 aromatic heterocycles. The monoisotopic (exact) mass is 336 g/mol. The summed E-state index contributed by atoms with van der Waals surface area (Å²) in [6, 6.07) is 7.47. The summed E-state index contributed by atoms with van der Waals surface area (Å²) < 4.78 is 25.8. The van der Waals surface area contributed by atoms with Gasteiger partial charge in [-0.05, 0) is 18.1 Å². The van der Waals surface area contributed by atoms with Gasteiger partial charge in [0.15, 0.2) is 0 Å². The molecule has 0 saturated heterocycles. The van der Waals surface area contributed by atoms with E-state index in [1.165, 1.54) is 24.3 Å². The Kier molecular flexibility index (Phi) is 4.28. The van der Waals surface area contributed by atoms with Crippen LogP contribution in [0.15, 0.2) is 40.1 Å². The number of hydrogen-bond donors (Lipinski definition) is 3. The van der Waals surface area contributed by atoms with E-state index in [-0.39, 0.29) is 21.0 Å². The zero-order valence-electron chi connectivity index (χ0n) is 12.5. The van der Waals surface area contributed by atoms with Gasteiger partial charge in [-0.15, -0.1) is 0 Å². The normalized spacial score (nSPS) is 11.6. The molecule has 0 radical (unpaired) electrons. The van der Waals surface area contributed by atoms with E-state index >= 15 is 0 Å². The third kappa shape index (κ3) is 2.85. The van der Waals surface area contributed by atoms with Crippen LogP contribution < -0.4 is 5.73 Å². The number of aromatic carboxylic acids is 1. The number of primary amides is 1. The van der Waals surface area contributed by atoms with Crippen molar-refractivity contribution >= 4 is 21.7 Å². The molecule has 8 heteroatoms. The lowest BCUT2D eigenvalue weighted by Crippen LogP contribution is -2.17. The maximum Gasteiger partial charge on any atom is 0.352 e. The van der Waals surface area contributed by atoms with Crippen molar-refractivity contribution in [3.8, 4) is 0 Å². The van der Waals surface area contributed by atoms with Gasteiger partial charge in [0.25, 0.3) is 5.91 Å². The molecule has 0 bridgehead atoms. The van der Waals surface area contributed by atoms with Crippen LogP contribution in [0.1, 0.15) is 46.3 Å². The van der Waals surface area contributed by atoms with Gasteiger partial charge in [0.1, 0.15) is 16.3 Å². The molecule has 0 aliphatic heterocycles. The largest absolute Gasteiger partial charge is 0.477 e. The van der Waals surface area contributed by atoms with Gasteiger partial charge in [0.2, 0.25) is 9.84 Å². The van der Waals surface area contributed by atoms with Gasteiger partial charge in [-0.3, -0.25) is 4.79 Å². The molecular formula is C15H16N2O5S. The molecule has 2 rings (SSSR count). The number of rotatable bonds is 5.